The van der Waals surface area contributed by atoms with Crippen LogP contribution in [0.25, 0.3) is 0 Å². The molecule has 20 heavy (non-hydrogen) atoms. The lowest BCUT2D eigenvalue weighted by atomic mass is 10.2. The number of hydrogen-bond donors (Lipinski definition) is 1. The van der Waals surface area contributed by atoms with Crippen molar-refractivity contribution in [3.63, 3.8) is 0 Å². The molecule has 0 atom stereocenters. The van der Waals surface area contributed by atoms with Crippen molar-refractivity contribution in [3.05, 3.63) is 46.8 Å². The number of carboxylic acids is 1. The zero-order valence-corrected chi connectivity index (χ0v) is 11.3. The van der Waals surface area contributed by atoms with Crippen molar-refractivity contribution < 1.29 is 19.2 Å². The number of amides is 1. The molecule has 1 heterocycles. The third kappa shape index (κ3) is 2.97. The van der Waals surface area contributed by atoms with E-state index in [0.717, 1.165) is 4.90 Å². The van der Waals surface area contributed by atoms with Crippen LogP contribution in [0.15, 0.2) is 35.0 Å². The molecule has 0 unspecified atom stereocenters. The summed E-state index contributed by atoms with van der Waals surface area (Å²) in [7, 11) is 0. The summed E-state index contributed by atoms with van der Waals surface area (Å²) >= 11 is 5.87. The van der Waals surface area contributed by atoms with Crippen LogP contribution in [0.4, 0.5) is 5.69 Å². The Morgan fingerprint density at radius 1 is 1.45 bits per heavy atom. The number of aliphatic carboxylic acids is 1. The van der Waals surface area contributed by atoms with Crippen LogP contribution in [0.5, 0.6) is 0 Å². The number of carboxylic acid groups (broad SMARTS) is 1. The van der Waals surface area contributed by atoms with E-state index in [0.29, 0.717) is 16.3 Å². The second-order valence-electron chi connectivity index (χ2n) is 4.10. The van der Waals surface area contributed by atoms with Gasteiger partial charge in [0.1, 0.15) is 6.54 Å². The predicted octanol–water partition coefficient (Wildman–Crippen LogP) is 2.37. The number of aryl methyl sites for hydroxylation is 1. The van der Waals surface area contributed by atoms with Crippen LogP contribution in [0.3, 0.4) is 0 Å². The van der Waals surface area contributed by atoms with Crippen LogP contribution in [0.1, 0.15) is 16.1 Å². The van der Waals surface area contributed by atoms with E-state index < -0.39 is 18.4 Å². The molecule has 2 aromatic rings. The molecule has 1 N–H and O–H groups in total. The van der Waals surface area contributed by atoms with Gasteiger partial charge in [-0.1, -0.05) is 22.8 Å². The van der Waals surface area contributed by atoms with Gasteiger partial charge in [-0.05, 0) is 25.1 Å². The molecule has 1 aromatic heterocycles. The van der Waals surface area contributed by atoms with Gasteiger partial charge < -0.3 is 9.63 Å². The number of rotatable bonds is 4. The van der Waals surface area contributed by atoms with Gasteiger partial charge in [0.05, 0.1) is 6.20 Å². The number of carbonyl (C=O) groups excluding carboxylic acids is 1. The Morgan fingerprint density at radius 2 is 2.20 bits per heavy atom. The van der Waals surface area contributed by atoms with Gasteiger partial charge in [0.2, 0.25) is 5.76 Å². The van der Waals surface area contributed by atoms with Crippen LogP contribution in [0, 0.1) is 6.92 Å². The molecule has 1 amide bonds. The van der Waals surface area contributed by atoms with E-state index in [9.17, 15) is 9.59 Å². The first kappa shape index (κ1) is 14.1. The largest absolute Gasteiger partial charge is 0.480 e. The molecule has 0 aliphatic carbocycles. The molecule has 2 rings (SSSR count). The van der Waals surface area contributed by atoms with E-state index in [1.54, 1.807) is 25.1 Å². The summed E-state index contributed by atoms with van der Waals surface area (Å²) in [5.74, 6) is -1.72. The molecule has 0 radical (unpaired) electrons. The quantitative estimate of drug-likeness (QED) is 0.936. The van der Waals surface area contributed by atoms with E-state index >= 15 is 0 Å². The van der Waals surface area contributed by atoms with E-state index in [1.165, 1.54) is 12.3 Å². The van der Waals surface area contributed by atoms with Crippen LogP contribution >= 0.6 is 11.6 Å². The minimum Gasteiger partial charge on any atom is -0.480 e. The first-order valence-electron chi connectivity index (χ1n) is 5.69. The van der Waals surface area contributed by atoms with Gasteiger partial charge in [-0.15, -0.1) is 0 Å². The highest BCUT2D eigenvalue weighted by molar-refractivity contribution is 6.31. The number of nitrogens with zero attached hydrogens (tertiary/aromatic N) is 2. The normalized spacial score (nSPS) is 10.3. The number of anilines is 1. The van der Waals surface area contributed by atoms with Crippen molar-refractivity contribution in [1.29, 1.82) is 0 Å². The highest BCUT2D eigenvalue weighted by atomic mass is 35.5. The van der Waals surface area contributed by atoms with Crippen LogP contribution in [0.2, 0.25) is 5.02 Å². The van der Waals surface area contributed by atoms with Gasteiger partial charge >= 0.3 is 5.97 Å². The lowest BCUT2D eigenvalue weighted by molar-refractivity contribution is -0.135. The predicted molar refractivity (Wildman–Crippen MR) is 72.0 cm³/mol. The summed E-state index contributed by atoms with van der Waals surface area (Å²) in [4.78, 5) is 24.4. The Morgan fingerprint density at radius 3 is 2.75 bits per heavy atom. The summed E-state index contributed by atoms with van der Waals surface area (Å²) in [6, 6.07) is 6.37. The van der Waals surface area contributed by atoms with Crippen LogP contribution in [-0.4, -0.2) is 28.7 Å². The molecule has 0 saturated carbocycles. The maximum absolute atomic E-state index is 12.4. The molecule has 0 aliphatic rings. The summed E-state index contributed by atoms with van der Waals surface area (Å²) in [6.45, 7) is 1.15. The second kappa shape index (κ2) is 5.75. The summed E-state index contributed by atoms with van der Waals surface area (Å²) in [5, 5.41) is 12.9. The van der Waals surface area contributed by atoms with Gasteiger partial charge in [-0.2, -0.15) is 0 Å². The fourth-order valence-electron chi connectivity index (χ4n) is 1.68. The standard InChI is InChI=1S/C13H11ClN2O4/c1-8-6-15-20-12(8)13(19)16(7-11(17)18)10-4-2-3-9(14)5-10/h2-6H,7H2,1H3,(H,17,18). The van der Waals surface area contributed by atoms with E-state index in [1.807, 2.05) is 0 Å². The third-order valence-corrected chi connectivity index (χ3v) is 2.84. The topological polar surface area (TPSA) is 83.6 Å². The Balaban J connectivity index is 2.40. The smallest absolute Gasteiger partial charge is 0.323 e. The lowest BCUT2D eigenvalue weighted by Gasteiger charge is -2.19. The Kier molecular flexibility index (Phi) is 4.05. The van der Waals surface area contributed by atoms with Gasteiger partial charge in [0.15, 0.2) is 0 Å². The van der Waals surface area contributed by atoms with Gasteiger partial charge in [-0.25, -0.2) is 0 Å². The first-order chi connectivity index (χ1) is 9.49. The van der Waals surface area contributed by atoms with Gasteiger partial charge in [-0.3, -0.25) is 14.5 Å². The minimum atomic E-state index is -1.14. The van der Waals surface area contributed by atoms with Crippen LogP contribution in [-0.2, 0) is 4.79 Å². The van der Waals surface area contributed by atoms with Crippen molar-refractivity contribution in [2.45, 2.75) is 6.92 Å². The third-order valence-electron chi connectivity index (χ3n) is 2.60. The average Bonchev–Trinajstić information content (AvgIpc) is 2.81. The number of carbonyl (C=O) groups is 2. The van der Waals surface area contributed by atoms with E-state index in [-0.39, 0.29) is 5.76 Å². The van der Waals surface area contributed by atoms with Crippen molar-refractivity contribution in [1.82, 2.24) is 5.16 Å². The number of hydrogen-bond acceptors (Lipinski definition) is 4. The zero-order chi connectivity index (χ0) is 14.7. The molecule has 0 fully saturated rings. The molecule has 1 aromatic carbocycles. The van der Waals surface area contributed by atoms with Gasteiger partial charge in [0, 0.05) is 16.3 Å². The van der Waals surface area contributed by atoms with Crippen molar-refractivity contribution in [2.24, 2.45) is 0 Å². The fourth-order valence-corrected chi connectivity index (χ4v) is 1.86. The second-order valence-corrected chi connectivity index (χ2v) is 4.54. The SMILES string of the molecule is Cc1cnoc1C(=O)N(CC(=O)O)c1cccc(Cl)c1. The highest BCUT2D eigenvalue weighted by Gasteiger charge is 2.25. The Labute approximate surface area is 119 Å². The maximum Gasteiger partial charge on any atom is 0.323 e. The minimum absolute atomic E-state index is 0.00576. The van der Waals surface area contributed by atoms with Gasteiger partial charge in [0.25, 0.3) is 5.91 Å². The fraction of sp³-hybridized carbons (Fsp3) is 0.154. The van der Waals surface area contributed by atoms with E-state index in [4.69, 9.17) is 21.2 Å². The van der Waals surface area contributed by atoms with E-state index in [2.05, 4.69) is 5.16 Å². The Hall–Kier alpha value is -2.34. The molecule has 0 saturated heterocycles. The molecule has 0 aliphatic heterocycles. The first-order valence-corrected chi connectivity index (χ1v) is 6.07. The molecule has 7 heteroatoms. The summed E-state index contributed by atoms with van der Waals surface area (Å²) in [5.41, 5.74) is 0.910. The molecular formula is C13H11ClN2O4. The molecule has 104 valence electrons. The number of aromatic nitrogens is 1. The number of benzene rings is 1. The zero-order valence-electron chi connectivity index (χ0n) is 10.5. The highest BCUT2D eigenvalue weighted by Crippen LogP contribution is 2.22. The molecule has 0 bridgehead atoms. The Bertz CT molecular complexity index is 653. The lowest BCUT2D eigenvalue weighted by Crippen LogP contribution is -2.35. The van der Waals surface area contributed by atoms with Crippen molar-refractivity contribution >= 4 is 29.2 Å². The molecule has 6 nitrogen and oxygen atoms in total. The summed E-state index contributed by atoms with van der Waals surface area (Å²) < 4.78 is 4.87. The van der Waals surface area contributed by atoms with Crippen LogP contribution < -0.4 is 4.90 Å². The molecule has 0 spiro atoms. The number of halogens is 1. The van der Waals surface area contributed by atoms with Crippen molar-refractivity contribution in [2.75, 3.05) is 11.4 Å². The maximum atomic E-state index is 12.4. The summed E-state index contributed by atoms with van der Waals surface area (Å²) in [6.07, 6.45) is 1.39. The average molecular weight is 295 g/mol. The molecular weight excluding hydrogens is 284 g/mol. The van der Waals surface area contributed by atoms with Crippen molar-refractivity contribution in [3.8, 4) is 0 Å². The monoisotopic (exact) mass is 294 g/mol.